The van der Waals surface area contributed by atoms with Gasteiger partial charge in [0.05, 0.1) is 19.1 Å². The molecular formula is C16H19ClN2O4. The summed E-state index contributed by atoms with van der Waals surface area (Å²) in [6.07, 6.45) is 1.04. The Kier molecular flexibility index (Phi) is 5.90. The molecule has 3 N–H and O–H groups in total. The lowest BCUT2D eigenvalue weighted by molar-refractivity contribution is 0.130. The third kappa shape index (κ3) is 4.91. The van der Waals surface area contributed by atoms with E-state index in [1.807, 2.05) is 0 Å². The number of hydrogen-bond donors (Lipinski definition) is 3. The molecule has 1 heterocycles. The van der Waals surface area contributed by atoms with Crippen LogP contribution in [0.3, 0.4) is 0 Å². The van der Waals surface area contributed by atoms with E-state index in [-0.39, 0.29) is 6.04 Å². The van der Waals surface area contributed by atoms with E-state index in [1.165, 1.54) is 13.4 Å². The number of halogens is 1. The molecule has 2 atom stereocenters. The van der Waals surface area contributed by atoms with Crippen molar-refractivity contribution in [2.24, 2.45) is 0 Å². The highest BCUT2D eigenvalue weighted by atomic mass is 35.5. The number of hydrogen-bond acceptors (Lipinski definition) is 4. The second kappa shape index (κ2) is 7.89. The Morgan fingerprint density at radius 2 is 2.22 bits per heavy atom. The molecule has 0 bridgehead atoms. The molecule has 0 saturated carbocycles. The predicted molar refractivity (Wildman–Crippen MR) is 87.9 cm³/mol. The van der Waals surface area contributed by atoms with Gasteiger partial charge in [0, 0.05) is 17.5 Å². The highest BCUT2D eigenvalue weighted by molar-refractivity contribution is 6.31. The van der Waals surface area contributed by atoms with Crippen molar-refractivity contribution >= 4 is 23.3 Å². The Hall–Kier alpha value is -2.18. The summed E-state index contributed by atoms with van der Waals surface area (Å²) >= 11 is 5.92. The summed E-state index contributed by atoms with van der Waals surface area (Å²) < 4.78 is 10.3. The van der Waals surface area contributed by atoms with E-state index in [4.69, 9.17) is 20.8 Å². The van der Waals surface area contributed by atoms with Gasteiger partial charge in [-0.1, -0.05) is 11.6 Å². The molecule has 1 aromatic heterocycles. The maximum absolute atomic E-state index is 12.0. The number of benzene rings is 1. The van der Waals surface area contributed by atoms with Crippen LogP contribution >= 0.6 is 11.6 Å². The Balaban J connectivity index is 1.90. The van der Waals surface area contributed by atoms with Crippen LogP contribution in [-0.4, -0.2) is 24.3 Å². The summed E-state index contributed by atoms with van der Waals surface area (Å²) in [7, 11) is 1.51. The first-order valence-electron chi connectivity index (χ1n) is 7.12. The Morgan fingerprint density at radius 1 is 1.43 bits per heavy atom. The number of amides is 2. The average Bonchev–Trinajstić information content (AvgIpc) is 3.01. The van der Waals surface area contributed by atoms with Gasteiger partial charge in [-0.2, -0.15) is 0 Å². The van der Waals surface area contributed by atoms with Crippen molar-refractivity contribution in [2.75, 3.05) is 12.4 Å². The van der Waals surface area contributed by atoms with Crippen molar-refractivity contribution < 1.29 is 19.1 Å². The molecule has 23 heavy (non-hydrogen) atoms. The molecule has 0 radical (unpaired) electrons. The molecule has 0 saturated heterocycles. The molecule has 7 heteroatoms. The van der Waals surface area contributed by atoms with Crippen molar-refractivity contribution in [3.63, 3.8) is 0 Å². The van der Waals surface area contributed by atoms with Crippen molar-refractivity contribution in [1.29, 1.82) is 0 Å². The summed E-state index contributed by atoms with van der Waals surface area (Å²) in [5.41, 5.74) is 0.469. The summed E-state index contributed by atoms with van der Waals surface area (Å²) in [6, 6.07) is 7.66. The molecule has 1 aromatic carbocycles. The largest absolute Gasteiger partial charge is 0.495 e. The van der Waals surface area contributed by atoms with Crippen LogP contribution in [0, 0.1) is 0 Å². The first-order chi connectivity index (χ1) is 11.0. The molecule has 0 aliphatic heterocycles. The maximum Gasteiger partial charge on any atom is 0.319 e. The molecule has 0 aliphatic carbocycles. The first-order valence-corrected chi connectivity index (χ1v) is 7.50. The summed E-state index contributed by atoms with van der Waals surface area (Å²) in [4.78, 5) is 12.0. The fraction of sp³-hybridized carbons (Fsp3) is 0.312. The van der Waals surface area contributed by atoms with Crippen LogP contribution in [-0.2, 0) is 0 Å². The molecule has 2 amide bonds. The summed E-state index contributed by atoms with van der Waals surface area (Å²) in [5, 5.41) is 15.9. The Bertz CT molecular complexity index is 646. The van der Waals surface area contributed by atoms with Gasteiger partial charge in [0.25, 0.3) is 0 Å². The summed E-state index contributed by atoms with van der Waals surface area (Å²) in [5.74, 6) is 0.975. The van der Waals surface area contributed by atoms with Gasteiger partial charge < -0.3 is 24.9 Å². The van der Waals surface area contributed by atoms with Crippen molar-refractivity contribution in [2.45, 2.75) is 25.5 Å². The fourth-order valence-electron chi connectivity index (χ4n) is 2.15. The van der Waals surface area contributed by atoms with Gasteiger partial charge in [0.1, 0.15) is 17.6 Å². The number of methoxy groups -OCH3 is 1. The lowest BCUT2D eigenvalue weighted by atomic mass is 10.1. The van der Waals surface area contributed by atoms with Gasteiger partial charge >= 0.3 is 6.03 Å². The molecule has 2 unspecified atom stereocenters. The zero-order valence-corrected chi connectivity index (χ0v) is 13.6. The normalized spacial score (nSPS) is 13.2. The van der Waals surface area contributed by atoms with Crippen molar-refractivity contribution in [3.8, 4) is 5.75 Å². The van der Waals surface area contributed by atoms with E-state index < -0.39 is 12.1 Å². The minimum Gasteiger partial charge on any atom is -0.495 e. The molecular weight excluding hydrogens is 320 g/mol. The molecule has 2 aromatic rings. The number of anilines is 1. The van der Waals surface area contributed by atoms with Crippen LogP contribution in [0.5, 0.6) is 5.75 Å². The number of rotatable bonds is 6. The molecule has 0 aliphatic rings. The standard InChI is InChI=1S/C16H19ClN2O4/c1-10(8-13(20)15-4-3-7-23-15)18-16(21)19-12-9-11(17)5-6-14(12)22-2/h3-7,9-10,13,20H,8H2,1-2H3,(H2,18,19,21). The van der Waals surface area contributed by atoms with Crippen LogP contribution in [0.1, 0.15) is 25.2 Å². The van der Waals surface area contributed by atoms with Gasteiger partial charge in [-0.15, -0.1) is 0 Å². The van der Waals surface area contributed by atoms with Crippen molar-refractivity contribution in [3.05, 3.63) is 47.4 Å². The van der Waals surface area contributed by atoms with Gasteiger partial charge in [-0.3, -0.25) is 0 Å². The SMILES string of the molecule is COc1ccc(Cl)cc1NC(=O)NC(C)CC(O)c1ccco1. The van der Waals surface area contributed by atoms with E-state index in [1.54, 1.807) is 37.3 Å². The lowest BCUT2D eigenvalue weighted by Crippen LogP contribution is -2.37. The summed E-state index contributed by atoms with van der Waals surface area (Å²) in [6.45, 7) is 1.79. The zero-order valence-electron chi connectivity index (χ0n) is 12.9. The zero-order chi connectivity index (χ0) is 16.8. The van der Waals surface area contributed by atoms with E-state index in [0.717, 1.165) is 0 Å². The lowest BCUT2D eigenvalue weighted by Gasteiger charge is -2.18. The van der Waals surface area contributed by atoms with Crippen LogP contribution in [0.25, 0.3) is 0 Å². The number of carbonyl (C=O) groups is 1. The number of urea groups is 1. The molecule has 6 nitrogen and oxygen atoms in total. The number of ether oxygens (including phenoxy) is 1. The van der Waals surface area contributed by atoms with Gasteiger partial charge in [0.15, 0.2) is 0 Å². The average molecular weight is 339 g/mol. The minimum atomic E-state index is -0.777. The molecule has 124 valence electrons. The topological polar surface area (TPSA) is 83.7 Å². The number of nitrogens with one attached hydrogen (secondary N) is 2. The van der Waals surface area contributed by atoms with Crippen LogP contribution < -0.4 is 15.4 Å². The molecule has 0 spiro atoms. The minimum absolute atomic E-state index is 0.264. The van der Waals surface area contributed by atoms with Gasteiger partial charge in [-0.05, 0) is 37.3 Å². The van der Waals surface area contributed by atoms with Crippen LogP contribution in [0.4, 0.5) is 10.5 Å². The Morgan fingerprint density at radius 3 is 2.87 bits per heavy atom. The van der Waals surface area contributed by atoms with Gasteiger partial charge in [-0.25, -0.2) is 4.79 Å². The number of aliphatic hydroxyl groups is 1. The quantitative estimate of drug-likeness (QED) is 0.751. The fourth-order valence-corrected chi connectivity index (χ4v) is 2.32. The maximum atomic E-state index is 12.0. The van der Waals surface area contributed by atoms with Crippen LogP contribution in [0.15, 0.2) is 41.0 Å². The molecule has 2 rings (SSSR count). The van der Waals surface area contributed by atoms with E-state index >= 15 is 0 Å². The second-order valence-corrected chi connectivity index (χ2v) is 5.55. The predicted octanol–water partition coefficient (Wildman–Crippen LogP) is 3.58. The third-order valence-electron chi connectivity index (χ3n) is 3.24. The van der Waals surface area contributed by atoms with Gasteiger partial charge in [0.2, 0.25) is 0 Å². The smallest absolute Gasteiger partial charge is 0.319 e. The second-order valence-electron chi connectivity index (χ2n) is 5.11. The highest BCUT2D eigenvalue weighted by Crippen LogP contribution is 2.27. The van der Waals surface area contributed by atoms with E-state index in [9.17, 15) is 9.90 Å². The molecule has 0 fully saturated rings. The first kappa shape index (κ1) is 17.2. The highest BCUT2D eigenvalue weighted by Gasteiger charge is 2.17. The number of aliphatic hydroxyl groups excluding tert-OH is 1. The Labute approximate surface area is 139 Å². The number of carbonyl (C=O) groups excluding carboxylic acids is 1. The monoisotopic (exact) mass is 338 g/mol. The number of furan rings is 1. The third-order valence-corrected chi connectivity index (χ3v) is 3.47. The van der Waals surface area contributed by atoms with E-state index in [2.05, 4.69) is 10.6 Å². The van der Waals surface area contributed by atoms with Crippen molar-refractivity contribution in [1.82, 2.24) is 5.32 Å². The van der Waals surface area contributed by atoms with E-state index in [0.29, 0.717) is 28.6 Å². The van der Waals surface area contributed by atoms with Crippen LogP contribution in [0.2, 0.25) is 5.02 Å².